The summed E-state index contributed by atoms with van der Waals surface area (Å²) in [6.07, 6.45) is 0. The molecule has 1 rings (SSSR count). The number of rotatable bonds is 2. The minimum absolute atomic E-state index is 0. The van der Waals surface area contributed by atoms with Crippen LogP contribution in [0, 0.1) is 0 Å². The zero-order valence-electron chi connectivity index (χ0n) is 8.25. The zero-order valence-corrected chi connectivity index (χ0v) is 9.89. The van der Waals surface area contributed by atoms with Gasteiger partial charge in [-0.25, -0.2) is 4.99 Å². The molecular formula is C8H14ClN5S. The van der Waals surface area contributed by atoms with Gasteiger partial charge in [-0.2, -0.15) is 4.99 Å². The zero-order chi connectivity index (χ0) is 10.6. The molecule has 6 N–H and O–H groups in total. The fourth-order valence-corrected chi connectivity index (χ4v) is 1.67. The van der Waals surface area contributed by atoms with Crippen molar-refractivity contribution in [1.29, 1.82) is 0 Å². The molecule has 0 amide bonds. The summed E-state index contributed by atoms with van der Waals surface area (Å²) < 4.78 is 0. The summed E-state index contributed by atoms with van der Waals surface area (Å²) in [5, 5.41) is 1.98. The Balaban J connectivity index is 0.00000196. The van der Waals surface area contributed by atoms with Crippen molar-refractivity contribution in [1.82, 2.24) is 0 Å². The van der Waals surface area contributed by atoms with E-state index in [1.54, 1.807) is 11.3 Å². The number of thiophene rings is 1. The topological polar surface area (TPSA) is 103 Å². The molecule has 0 aliphatic carbocycles. The largest absolute Gasteiger partial charge is 0.370 e. The van der Waals surface area contributed by atoms with E-state index in [0.29, 0.717) is 0 Å². The van der Waals surface area contributed by atoms with Gasteiger partial charge >= 0.3 is 0 Å². The van der Waals surface area contributed by atoms with Gasteiger partial charge in [-0.05, 0) is 18.4 Å². The van der Waals surface area contributed by atoms with Gasteiger partial charge in [-0.15, -0.1) is 23.7 Å². The lowest BCUT2D eigenvalue weighted by Gasteiger charge is -2.02. The third kappa shape index (κ3) is 4.66. The summed E-state index contributed by atoms with van der Waals surface area (Å²) in [5.74, 6) is 0.0236. The van der Waals surface area contributed by atoms with Crippen LogP contribution in [0.1, 0.15) is 17.8 Å². The van der Waals surface area contributed by atoms with E-state index in [2.05, 4.69) is 9.98 Å². The Morgan fingerprint density at radius 3 is 2.53 bits per heavy atom. The van der Waals surface area contributed by atoms with Crippen LogP contribution in [0.5, 0.6) is 0 Å². The molecule has 0 saturated carbocycles. The van der Waals surface area contributed by atoms with Gasteiger partial charge in [-0.1, -0.05) is 6.07 Å². The maximum absolute atomic E-state index is 5.49. The Bertz CT molecular complexity index is 342. The second-order valence-corrected chi connectivity index (χ2v) is 3.69. The van der Waals surface area contributed by atoms with Gasteiger partial charge in [0.15, 0.2) is 5.96 Å². The molecule has 1 heterocycles. The molecule has 7 heteroatoms. The first-order valence-electron chi connectivity index (χ1n) is 4.06. The van der Waals surface area contributed by atoms with Crippen molar-refractivity contribution in [2.45, 2.75) is 13.0 Å². The van der Waals surface area contributed by atoms with E-state index in [9.17, 15) is 0 Å². The molecule has 0 radical (unpaired) electrons. The highest BCUT2D eigenvalue weighted by Gasteiger charge is 2.04. The lowest BCUT2D eigenvalue weighted by Crippen LogP contribution is -2.26. The number of nitrogens with two attached hydrogens (primary N) is 3. The van der Waals surface area contributed by atoms with E-state index in [1.807, 2.05) is 24.4 Å². The van der Waals surface area contributed by atoms with Crippen molar-refractivity contribution in [2.75, 3.05) is 0 Å². The quantitative estimate of drug-likeness (QED) is 0.532. The summed E-state index contributed by atoms with van der Waals surface area (Å²) in [4.78, 5) is 8.87. The van der Waals surface area contributed by atoms with Crippen LogP contribution < -0.4 is 17.2 Å². The molecule has 0 fully saturated rings. The second kappa shape index (κ2) is 6.26. The summed E-state index contributed by atoms with van der Waals surface area (Å²) >= 11 is 1.62. The standard InChI is InChI=1S/C8H13N5S.ClH/c1-5(6-3-2-4-14-6)12-8(11)13-7(9)10;/h2-5H,1H3,(H6,9,10,11,12,13);1H. The van der Waals surface area contributed by atoms with E-state index in [0.717, 1.165) is 4.88 Å². The SMILES string of the molecule is CC(N=C(N)N=C(N)N)c1cccs1.Cl. The van der Waals surface area contributed by atoms with Gasteiger partial charge in [0.25, 0.3) is 0 Å². The predicted molar refractivity (Wildman–Crippen MR) is 67.4 cm³/mol. The van der Waals surface area contributed by atoms with Crippen LogP contribution in [0.4, 0.5) is 0 Å². The molecule has 1 aromatic heterocycles. The fraction of sp³-hybridized carbons (Fsp3) is 0.250. The van der Waals surface area contributed by atoms with Crippen LogP contribution >= 0.6 is 23.7 Å². The summed E-state index contributed by atoms with van der Waals surface area (Å²) in [6.45, 7) is 1.93. The Labute approximate surface area is 98.5 Å². The Hall–Kier alpha value is -1.27. The molecule has 1 unspecified atom stereocenters. The van der Waals surface area contributed by atoms with E-state index in [-0.39, 0.29) is 30.4 Å². The third-order valence-corrected chi connectivity index (χ3v) is 2.57. The molecule has 1 atom stereocenters. The smallest absolute Gasteiger partial charge is 0.219 e. The van der Waals surface area contributed by atoms with Gasteiger partial charge in [-0.3, -0.25) is 0 Å². The molecule has 84 valence electrons. The molecule has 5 nitrogen and oxygen atoms in total. The maximum Gasteiger partial charge on any atom is 0.219 e. The van der Waals surface area contributed by atoms with Gasteiger partial charge < -0.3 is 17.2 Å². The molecule has 0 aromatic carbocycles. The van der Waals surface area contributed by atoms with Crippen LogP contribution in [-0.4, -0.2) is 11.9 Å². The Kier molecular flexibility index (Phi) is 5.73. The molecular weight excluding hydrogens is 234 g/mol. The third-order valence-electron chi connectivity index (χ3n) is 1.52. The molecule has 0 bridgehead atoms. The normalized spacial score (nSPS) is 12.7. The lowest BCUT2D eigenvalue weighted by atomic mass is 10.3. The van der Waals surface area contributed by atoms with E-state index in [1.165, 1.54) is 0 Å². The Morgan fingerprint density at radius 2 is 2.07 bits per heavy atom. The number of aliphatic imine (C=N–C) groups is 2. The van der Waals surface area contributed by atoms with Crippen LogP contribution in [0.3, 0.4) is 0 Å². The first-order valence-corrected chi connectivity index (χ1v) is 4.94. The van der Waals surface area contributed by atoms with Crippen LogP contribution in [0.25, 0.3) is 0 Å². The van der Waals surface area contributed by atoms with Gasteiger partial charge in [0, 0.05) is 4.88 Å². The summed E-state index contributed by atoms with van der Waals surface area (Å²) in [7, 11) is 0. The van der Waals surface area contributed by atoms with E-state index < -0.39 is 0 Å². The maximum atomic E-state index is 5.49. The van der Waals surface area contributed by atoms with Crippen LogP contribution in [0.2, 0.25) is 0 Å². The van der Waals surface area contributed by atoms with Crippen molar-refractivity contribution in [3.8, 4) is 0 Å². The number of guanidine groups is 2. The minimum Gasteiger partial charge on any atom is -0.370 e. The molecule has 0 aliphatic heterocycles. The molecule has 15 heavy (non-hydrogen) atoms. The fourth-order valence-electron chi connectivity index (χ4n) is 0.952. The number of hydrogen-bond donors (Lipinski definition) is 3. The summed E-state index contributed by atoms with van der Waals surface area (Å²) in [5.41, 5.74) is 15.8. The monoisotopic (exact) mass is 247 g/mol. The second-order valence-electron chi connectivity index (χ2n) is 2.72. The average Bonchev–Trinajstić information content (AvgIpc) is 2.53. The van der Waals surface area contributed by atoms with Crippen molar-refractivity contribution >= 4 is 35.7 Å². The summed E-state index contributed by atoms with van der Waals surface area (Å²) in [6, 6.07) is 3.93. The number of halogens is 1. The Morgan fingerprint density at radius 1 is 1.40 bits per heavy atom. The average molecular weight is 248 g/mol. The highest BCUT2D eigenvalue weighted by Crippen LogP contribution is 2.21. The van der Waals surface area contributed by atoms with E-state index in [4.69, 9.17) is 17.2 Å². The highest BCUT2D eigenvalue weighted by atomic mass is 35.5. The number of nitrogens with zero attached hydrogens (tertiary/aromatic N) is 2. The van der Waals surface area contributed by atoms with Crippen molar-refractivity contribution in [3.63, 3.8) is 0 Å². The molecule has 0 aliphatic rings. The van der Waals surface area contributed by atoms with Crippen molar-refractivity contribution < 1.29 is 0 Å². The van der Waals surface area contributed by atoms with Crippen LogP contribution in [0.15, 0.2) is 27.5 Å². The van der Waals surface area contributed by atoms with E-state index >= 15 is 0 Å². The van der Waals surface area contributed by atoms with Crippen molar-refractivity contribution in [2.24, 2.45) is 27.2 Å². The first-order chi connectivity index (χ1) is 6.59. The molecule has 1 aromatic rings. The minimum atomic E-state index is -0.0790. The lowest BCUT2D eigenvalue weighted by molar-refractivity contribution is 0.835. The number of hydrogen-bond acceptors (Lipinski definition) is 2. The van der Waals surface area contributed by atoms with Crippen LogP contribution in [-0.2, 0) is 0 Å². The van der Waals surface area contributed by atoms with Gasteiger partial charge in [0.1, 0.15) is 0 Å². The first kappa shape index (κ1) is 13.7. The highest BCUT2D eigenvalue weighted by molar-refractivity contribution is 7.10. The predicted octanol–water partition coefficient (Wildman–Crippen LogP) is 0.819. The van der Waals surface area contributed by atoms with Gasteiger partial charge in [0.05, 0.1) is 6.04 Å². The van der Waals surface area contributed by atoms with Crippen molar-refractivity contribution in [3.05, 3.63) is 22.4 Å². The van der Waals surface area contributed by atoms with Gasteiger partial charge in [0.2, 0.25) is 5.96 Å². The molecule has 0 spiro atoms. The molecule has 0 saturated heterocycles.